The lowest BCUT2D eigenvalue weighted by atomic mass is 10.2. The van der Waals surface area contributed by atoms with Crippen LogP contribution in [0, 0.1) is 0 Å². The zero-order valence-corrected chi connectivity index (χ0v) is 21.8. The van der Waals surface area contributed by atoms with Gasteiger partial charge in [-0.3, -0.25) is 14.6 Å². The van der Waals surface area contributed by atoms with Crippen molar-refractivity contribution >= 4 is 11.8 Å². The predicted molar refractivity (Wildman–Crippen MR) is 147 cm³/mol. The molecule has 1 aromatic rings. The molecule has 2 amide bonds. The van der Waals surface area contributed by atoms with Gasteiger partial charge in [0.1, 0.15) is 0 Å². The Balaban J connectivity index is 2.08. The summed E-state index contributed by atoms with van der Waals surface area (Å²) in [5.74, 6) is 0.0249. The van der Waals surface area contributed by atoms with Gasteiger partial charge in [0.25, 0.3) is 5.91 Å². The highest BCUT2D eigenvalue weighted by Gasteiger charge is 2.14. The van der Waals surface area contributed by atoms with Crippen LogP contribution >= 0.6 is 0 Å². The molecule has 1 aromatic heterocycles. The molecule has 1 rings (SSSR count). The SMILES string of the molecule is CC/C=C\C/C=C\C/C=C\C/C=C\C/C=C\CCCC(=O)N(C)CCN(C)C(=O)c1cccnc1. The van der Waals surface area contributed by atoms with Crippen molar-refractivity contribution in [2.75, 3.05) is 27.2 Å². The number of pyridine rings is 1. The molecule has 0 bridgehead atoms. The van der Waals surface area contributed by atoms with Crippen LogP contribution in [0.25, 0.3) is 0 Å². The number of rotatable bonds is 17. The van der Waals surface area contributed by atoms with Gasteiger partial charge in [0.2, 0.25) is 5.91 Å². The molecular formula is C30H43N3O2. The Bertz CT molecular complexity index is 854. The molecule has 1 heterocycles. The molecule has 5 nitrogen and oxygen atoms in total. The van der Waals surface area contributed by atoms with Crippen LogP contribution in [0.1, 0.15) is 68.6 Å². The van der Waals surface area contributed by atoms with E-state index in [0.29, 0.717) is 25.1 Å². The molecule has 0 aliphatic carbocycles. The molecule has 0 aromatic carbocycles. The molecule has 0 saturated carbocycles. The third-order valence-electron chi connectivity index (χ3n) is 5.37. The number of hydrogen-bond donors (Lipinski definition) is 0. The lowest BCUT2D eigenvalue weighted by Gasteiger charge is -2.22. The Morgan fingerprint density at radius 3 is 1.89 bits per heavy atom. The Morgan fingerprint density at radius 2 is 1.34 bits per heavy atom. The Labute approximate surface area is 212 Å². The molecule has 0 N–H and O–H groups in total. The molecule has 0 fully saturated rings. The van der Waals surface area contributed by atoms with Crippen molar-refractivity contribution < 1.29 is 9.59 Å². The third-order valence-corrected chi connectivity index (χ3v) is 5.37. The van der Waals surface area contributed by atoms with E-state index in [2.05, 4.69) is 72.7 Å². The summed E-state index contributed by atoms with van der Waals surface area (Å²) < 4.78 is 0. The fraction of sp³-hybridized carbons (Fsp3) is 0.433. The summed E-state index contributed by atoms with van der Waals surface area (Å²) in [7, 11) is 3.54. The topological polar surface area (TPSA) is 53.5 Å². The van der Waals surface area contributed by atoms with Gasteiger partial charge in [-0.15, -0.1) is 0 Å². The summed E-state index contributed by atoms with van der Waals surface area (Å²) in [6.45, 7) is 3.16. The van der Waals surface area contributed by atoms with E-state index in [1.807, 2.05) is 0 Å². The highest BCUT2D eigenvalue weighted by Crippen LogP contribution is 2.04. The predicted octanol–water partition coefficient (Wildman–Crippen LogP) is 6.53. The number of hydrogen-bond acceptors (Lipinski definition) is 3. The molecule has 5 heteroatoms. The second-order valence-corrected chi connectivity index (χ2v) is 8.38. The molecular weight excluding hydrogens is 434 g/mol. The van der Waals surface area contributed by atoms with Crippen LogP contribution in [0.5, 0.6) is 0 Å². The summed E-state index contributed by atoms with van der Waals surface area (Å²) in [6, 6.07) is 3.49. The minimum atomic E-state index is -0.0858. The van der Waals surface area contributed by atoms with Gasteiger partial charge >= 0.3 is 0 Å². The van der Waals surface area contributed by atoms with E-state index in [9.17, 15) is 9.59 Å². The average molecular weight is 478 g/mol. The van der Waals surface area contributed by atoms with E-state index >= 15 is 0 Å². The normalized spacial score (nSPS) is 12.1. The van der Waals surface area contributed by atoms with Crippen molar-refractivity contribution in [3.63, 3.8) is 0 Å². The Hall–Kier alpha value is -3.21. The molecule has 0 atom stereocenters. The molecule has 0 spiro atoms. The van der Waals surface area contributed by atoms with E-state index in [0.717, 1.165) is 44.9 Å². The van der Waals surface area contributed by atoms with E-state index < -0.39 is 0 Å². The van der Waals surface area contributed by atoms with Gasteiger partial charge in [-0.2, -0.15) is 0 Å². The first-order valence-corrected chi connectivity index (χ1v) is 12.7. The smallest absolute Gasteiger partial charge is 0.255 e. The Kier molecular flexibility index (Phi) is 17.2. The molecule has 0 aliphatic heterocycles. The fourth-order valence-corrected chi connectivity index (χ4v) is 3.17. The quantitative estimate of drug-likeness (QED) is 0.189. The van der Waals surface area contributed by atoms with Crippen LogP contribution in [0.4, 0.5) is 0 Å². The number of aromatic nitrogens is 1. The maximum atomic E-state index is 12.3. The zero-order chi connectivity index (χ0) is 25.6. The summed E-state index contributed by atoms with van der Waals surface area (Å²) >= 11 is 0. The maximum absolute atomic E-state index is 12.3. The highest BCUT2D eigenvalue weighted by atomic mass is 16.2. The first-order chi connectivity index (χ1) is 17.1. The van der Waals surface area contributed by atoms with Crippen LogP contribution in [-0.2, 0) is 4.79 Å². The number of likely N-dealkylation sites (N-methyl/N-ethyl adjacent to an activating group) is 2. The van der Waals surface area contributed by atoms with Crippen molar-refractivity contribution in [3.05, 3.63) is 90.9 Å². The number of allylic oxidation sites excluding steroid dienone is 10. The summed E-state index contributed by atoms with van der Waals surface area (Å²) in [5, 5.41) is 0. The van der Waals surface area contributed by atoms with Gasteiger partial charge < -0.3 is 9.80 Å². The van der Waals surface area contributed by atoms with Crippen molar-refractivity contribution in [2.24, 2.45) is 0 Å². The summed E-state index contributed by atoms with van der Waals surface area (Å²) in [5.41, 5.74) is 0.557. The van der Waals surface area contributed by atoms with Crippen LogP contribution < -0.4 is 0 Å². The number of nitrogens with zero attached hydrogens (tertiary/aromatic N) is 3. The number of carbonyl (C=O) groups excluding carboxylic acids is 2. The lowest BCUT2D eigenvalue weighted by Crippen LogP contribution is -2.37. The van der Waals surface area contributed by atoms with Crippen LogP contribution in [0.3, 0.4) is 0 Å². The van der Waals surface area contributed by atoms with E-state index in [-0.39, 0.29) is 11.8 Å². The van der Waals surface area contributed by atoms with Crippen LogP contribution in [0.15, 0.2) is 85.3 Å². The molecule has 0 aliphatic rings. The fourth-order valence-electron chi connectivity index (χ4n) is 3.17. The van der Waals surface area contributed by atoms with E-state index in [1.165, 1.54) is 0 Å². The molecule has 190 valence electrons. The minimum Gasteiger partial charge on any atom is -0.344 e. The zero-order valence-electron chi connectivity index (χ0n) is 21.8. The lowest BCUT2D eigenvalue weighted by molar-refractivity contribution is -0.130. The summed E-state index contributed by atoms with van der Waals surface area (Å²) in [4.78, 5) is 32.0. The molecule has 0 unspecified atom stereocenters. The standard InChI is InChI=1S/C30H43N3O2/c1-4-5-6-7-8-9-10-11-12-13-14-15-16-17-18-19-20-23-29(34)32(2)25-26-33(3)30(35)28-22-21-24-31-27-28/h5-6,8-9,11-12,14-15,17-18,21-22,24,27H,4,7,10,13,16,19-20,23,25-26H2,1-3H3/b6-5-,9-8-,12-11-,15-14-,18-17-. The van der Waals surface area contributed by atoms with Gasteiger partial charge in [-0.1, -0.05) is 67.7 Å². The van der Waals surface area contributed by atoms with Gasteiger partial charge in [-0.05, 0) is 57.1 Å². The number of amides is 2. The largest absolute Gasteiger partial charge is 0.344 e. The van der Waals surface area contributed by atoms with Crippen molar-refractivity contribution in [1.82, 2.24) is 14.8 Å². The monoisotopic (exact) mass is 477 g/mol. The van der Waals surface area contributed by atoms with Gasteiger partial charge in [0.15, 0.2) is 0 Å². The number of unbranched alkanes of at least 4 members (excludes halogenated alkanes) is 1. The van der Waals surface area contributed by atoms with Crippen molar-refractivity contribution in [1.29, 1.82) is 0 Å². The second-order valence-electron chi connectivity index (χ2n) is 8.38. The first kappa shape index (κ1) is 29.8. The first-order valence-electron chi connectivity index (χ1n) is 12.7. The van der Waals surface area contributed by atoms with Crippen molar-refractivity contribution in [3.8, 4) is 0 Å². The molecule has 0 radical (unpaired) electrons. The Morgan fingerprint density at radius 1 is 0.800 bits per heavy atom. The van der Waals surface area contributed by atoms with Gasteiger partial charge in [0.05, 0.1) is 5.56 Å². The highest BCUT2D eigenvalue weighted by molar-refractivity contribution is 5.93. The van der Waals surface area contributed by atoms with Gasteiger partial charge in [0, 0.05) is 46.0 Å². The maximum Gasteiger partial charge on any atom is 0.255 e. The summed E-state index contributed by atoms with van der Waals surface area (Å²) in [6.07, 6.45) is 32.3. The molecule has 0 saturated heterocycles. The van der Waals surface area contributed by atoms with Crippen LogP contribution in [-0.4, -0.2) is 53.8 Å². The molecule has 35 heavy (non-hydrogen) atoms. The van der Waals surface area contributed by atoms with Gasteiger partial charge in [-0.25, -0.2) is 0 Å². The van der Waals surface area contributed by atoms with Crippen LogP contribution in [0.2, 0.25) is 0 Å². The average Bonchev–Trinajstić information content (AvgIpc) is 2.88. The van der Waals surface area contributed by atoms with Crippen molar-refractivity contribution in [2.45, 2.75) is 58.3 Å². The third kappa shape index (κ3) is 15.3. The number of carbonyl (C=O) groups is 2. The van der Waals surface area contributed by atoms with E-state index in [4.69, 9.17) is 0 Å². The second kappa shape index (κ2) is 20.2. The van der Waals surface area contributed by atoms with E-state index in [1.54, 1.807) is 48.4 Å². The minimum absolute atomic E-state index is 0.0858.